The second-order valence-electron chi connectivity index (χ2n) is 6.85. The standard InChI is InChI=1S/C22H23N5O2/c28-22(9-8-19-7-4-14-29-19)25-20-15-21(24-17-23-20)27-12-10-26(11-13-27)16-18-5-2-1-3-6-18/h1-9,14-15,17H,10-13,16H2,(H,23,24,25,28)/b9-8+. The van der Waals surface area contributed by atoms with Crippen LogP contribution in [0.2, 0.25) is 0 Å². The maximum atomic E-state index is 12.1. The molecule has 0 spiro atoms. The van der Waals surface area contributed by atoms with Crippen molar-refractivity contribution in [2.75, 3.05) is 36.4 Å². The lowest BCUT2D eigenvalue weighted by molar-refractivity contribution is -0.111. The van der Waals surface area contributed by atoms with Crippen molar-refractivity contribution in [3.05, 3.63) is 78.5 Å². The van der Waals surface area contributed by atoms with E-state index < -0.39 is 0 Å². The number of nitrogens with zero attached hydrogens (tertiary/aromatic N) is 4. The summed E-state index contributed by atoms with van der Waals surface area (Å²) in [7, 11) is 0. The van der Waals surface area contributed by atoms with Crippen LogP contribution in [0.3, 0.4) is 0 Å². The zero-order chi connectivity index (χ0) is 19.9. The van der Waals surface area contributed by atoms with Gasteiger partial charge in [-0.1, -0.05) is 30.3 Å². The molecule has 0 unspecified atom stereocenters. The molecule has 1 N–H and O–H groups in total. The van der Waals surface area contributed by atoms with E-state index in [0.717, 1.165) is 38.5 Å². The van der Waals surface area contributed by atoms with Crippen LogP contribution in [-0.2, 0) is 11.3 Å². The molecule has 1 aromatic carbocycles. The number of hydrogen-bond acceptors (Lipinski definition) is 6. The highest BCUT2D eigenvalue weighted by Gasteiger charge is 2.18. The summed E-state index contributed by atoms with van der Waals surface area (Å²) < 4.78 is 5.18. The third kappa shape index (κ3) is 5.30. The predicted octanol–water partition coefficient (Wildman–Crippen LogP) is 3.04. The minimum Gasteiger partial charge on any atom is -0.465 e. The molecular weight excluding hydrogens is 366 g/mol. The first-order valence-electron chi connectivity index (χ1n) is 9.62. The van der Waals surface area contributed by atoms with E-state index in [1.807, 2.05) is 12.1 Å². The normalized spacial score (nSPS) is 15.0. The van der Waals surface area contributed by atoms with Gasteiger partial charge in [0.25, 0.3) is 0 Å². The Hall–Kier alpha value is -3.45. The van der Waals surface area contributed by atoms with Gasteiger partial charge in [-0.15, -0.1) is 0 Å². The molecule has 1 aliphatic rings. The number of aromatic nitrogens is 2. The fraction of sp³-hybridized carbons (Fsp3) is 0.227. The van der Waals surface area contributed by atoms with E-state index in [0.29, 0.717) is 11.6 Å². The van der Waals surface area contributed by atoms with E-state index in [1.54, 1.807) is 24.5 Å². The minimum absolute atomic E-state index is 0.265. The summed E-state index contributed by atoms with van der Waals surface area (Å²) in [5.74, 6) is 1.66. The molecule has 0 radical (unpaired) electrons. The van der Waals surface area contributed by atoms with Crippen molar-refractivity contribution in [2.45, 2.75) is 6.54 Å². The molecule has 1 fully saturated rings. The average molecular weight is 389 g/mol. The molecule has 0 saturated carbocycles. The summed E-state index contributed by atoms with van der Waals surface area (Å²) in [5.41, 5.74) is 1.33. The molecule has 0 atom stereocenters. The Balaban J connectivity index is 1.31. The number of nitrogens with one attached hydrogen (secondary N) is 1. The highest BCUT2D eigenvalue weighted by Crippen LogP contribution is 2.17. The largest absolute Gasteiger partial charge is 0.465 e. The summed E-state index contributed by atoms with van der Waals surface area (Å²) >= 11 is 0. The van der Waals surface area contributed by atoms with Crippen LogP contribution in [0.1, 0.15) is 11.3 Å². The lowest BCUT2D eigenvalue weighted by Gasteiger charge is -2.35. The quantitative estimate of drug-likeness (QED) is 0.653. The summed E-state index contributed by atoms with van der Waals surface area (Å²) in [4.78, 5) is 25.3. The van der Waals surface area contributed by atoms with Crippen LogP contribution in [-0.4, -0.2) is 47.0 Å². The average Bonchev–Trinajstić information content (AvgIpc) is 3.28. The third-order valence-electron chi connectivity index (χ3n) is 4.79. The van der Waals surface area contributed by atoms with Gasteiger partial charge in [-0.2, -0.15) is 0 Å². The molecule has 1 saturated heterocycles. The Morgan fingerprint density at radius 2 is 1.90 bits per heavy atom. The summed E-state index contributed by atoms with van der Waals surface area (Å²) in [6.07, 6.45) is 6.08. The van der Waals surface area contributed by atoms with Gasteiger partial charge in [0, 0.05) is 44.9 Å². The number of furan rings is 1. The maximum absolute atomic E-state index is 12.1. The Bertz CT molecular complexity index is 948. The number of carbonyl (C=O) groups is 1. The number of amides is 1. The fourth-order valence-corrected chi connectivity index (χ4v) is 3.28. The van der Waals surface area contributed by atoms with E-state index >= 15 is 0 Å². The highest BCUT2D eigenvalue weighted by molar-refractivity contribution is 6.01. The lowest BCUT2D eigenvalue weighted by Crippen LogP contribution is -2.46. The van der Waals surface area contributed by atoms with Crippen molar-refractivity contribution in [2.24, 2.45) is 0 Å². The number of hydrogen-bond donors (Lipinski definition) is 1. The lowest BCUT2D eigenvalue weighted by atomic mass is 10.2. The van der Waals surface area contributed by atoms with Gasteiger partial charge in [-0.3, -0.25) is 9.69 Å². The van der Waals surface area contributed by atoms with Crippen molar-refractivity contribution in [1.29, 1.82) is 0 Å². The van der Waals surface area contributed by atoms with Crippen LogP contribution in [0.25, 0.3) is 6.08 Å². The topological polar surface area (TPSA) is 74.5 Å². The van der Waals surface area contributed by atoms with Crippen molar-refractivity contribution < 1.29 is 9.21 Å². The van der Waals surface area contributed by atoms with Crippen LogP contribution >= 0.6 is 0 Å². The monoisotopic (exact) mass is 389 g/mol. The van der Waals surface area contributed by atoms with E-state index in [4.69, 9.17) is 4.42 Å². The van der Waals surface area contributed by atoms with Gasteiger partial charge in [0.15, 0.2) is 0 Å². The smallest absolute Gasteiger partial charge is 0.249 e. The second-order valence-corrected chi connectivity index (χ2v) is 6.85. The molecule has 3 heterocycles. The predicted molar refractivity (Wildman–Crippen MR) is 112 cm³/mol. The summed E-state index contributed by atoms with van der Waals surface area (Å²) in [6.45, 7) is 4.66. The van der Waals surface area contributed by atoms with Crippen LogP contribution in [0, 0.1) is 0 Å². The van der Waals surface area contributed by atoms with Crippen molar-refractivity contribution in [1.82, 2.24) is 14.9 Å². The molecule has 0 aliphatic carbocycles. The van der Waals surface area contributed by atoms with Gasteiger partial charge in [0.2, 0.25) is 5.91 Å². The molecule has 0 bridgehead atoms. The first kappa shape index (κ1) is 18.9. The first-order valence-corrected chi connectivity index (χ1v) is 9.62. The molecule has 148 valence electrons. The maximum Gasteiger partial charge on any atom is 0.249 e. The molecular formula is C22H23N5O2. The zero-order valence-corrected chi connectivity index (χ0v) is 16.1. The minimum atomic E-state index is -0.265. The number of benzene rings is 1. The zero-order valence-electron chi connectivity index (χ0n) is 16.1. The van der Waals surface area contributed by atoms with Gasteiger partial charge in [-0.05, 0) is 23.8 Å². The molecule has 7 heteroatoms. The molecule has 1 amide bonds. The number of anilines is 2. The third-order valence-corrected chi connectivity index (χ3v) is 4.79. The van der Waals surface area contributed by atoms with Gasteiger partial charge >= 0.3 is 0 Å². The molecule has 29 heavy (non-hydrogen) atoms. The van der Waals surface area contributed by atoms with Crippen LogP contribution in [0.5, 0.6) is 0 Å². The Kier molecular flexibility index (Phi) is 5.97. The van der Waals surface area contributed by atoms with E-state index in [-0.39, 0.29) is 5.91 Å². The molecule has 1 aliphatic heterocycles. The Morgan fingerprint density at radius 3 is 2.66 bits per heavy atom. The second kappa shape index (κ2) is 9.16. The van der Waals surface area contributed by atoms with Crippen LogP contribution < -0.4 is 10.2 Å². The van der Waals surface area contributed by atoms with Crippen molar-refractivity contribution in [3.63, 3.8) is 0 Å². The molecule has 2 aromatic heterocycles. The molecule has 7 nitrogen and oxygen atoms in total. The summed E-state index contributed by atoms with van der Waals surface area (Å²) in [6, 6.07) is 15.9. The molecule has 3 aromatic rings. The van der Waals surface area contributed by atoms with Gasteiger partial charge < -0.3 is 14.6 Å². The number of carbonyl (C=O) groups excluding carboxylic acids is 1. The van der Waals surface area contributed by atoms with Gasteiger partial charge in [-0.25, -0.2) is 9.97 Å². The van der Waals surface area contributed by atoms with Crippen molar-refractivity contribution in [3.8, 4) is 0 Å². The van der Waals surface area contributed by atoms with Gasteiger partial charge in [0.05, 0.1) is 6.26 Å². The highest BCUT2D eigenvalue weighted by atomic mass is 16.3. The fourth-order valence-electron chi connectivity index (χ4n) is 3.28. The van der Waals surface area contributed by atoms with Gasteiger partial charge in [0.1, 0.15) is 23.7 Å². The van der Waals surface area contributed by atoms with E-state index in [2.05, 4.69) is 49.4 Å². The number of piperazine rings is 1. The van der Waals surface area contributed by atoms with E-state index in [1.165, 1.54) is 18.0 Å². The SMILES string of the molecule is O=C(/C=C/c1ccco1)Nc1cc(N2CCN(Cc3ccccc3)CC2)ncn1. The molecule has 4 rings (SSSR count). The first-order chi connectivity index (χ1) is 14.3. The van der Waals surface area contributed by atoms with Crippen molar-refractivity contribution >= 4 is 23.6 Å². The number of rotatable bonds is 6. The Morgan fingerprint density at radius 1 is 1.07 bits per heavy atom. The van der Waals surface area contributed by atoms with Crippen LogP contribution in [0.15, 0.2) is 71.6 Å². The van der Waals surface area contributed by atoms with Crippen LogP contribution in [0.4, 0.5) is 11.6 Å². The Labute approximate surface area is 169 Å². The summed E-state index contributed by atoms with van der Waals surface area (Å²) in [5, 5.41) is 2.77. The van der Waals surface area contributed by atoms with E-state index in [9.17, 15) is 4.79 Å².